The monoisotopic (exact) mass is 232 g/mol. The summed E-state index contributed by atoms with van der Waals surface area (Å²) in [5, 5.41) is 14.9. The van der Waals surface area contributed by atoms with Gasteiger partial charge in [-0.2, -0.15) is 5.10 Å². The Kier molecular flexibility index (Phi) is 3.76. The summed E-state index contributed by atoms with van der Waals surface area (Å²) in [5.41, 5.74) is -0.542. The van der Waals surface area contributed by atoms with E-state index in [4.69, 9.17) is 16.3 Å². The Morgan fingerprint density at radius 2 is 2.33 bits per heavy atom. The first-order valence-electron chi connectivity index (χ1n) is 4.92. The zero-order valence-corrected chi connectivity index (χ0v) is 10.2. The van der Waals surface area contributed by atoms with Gasteiger partial charge in [-0.05, 0) is 20.8 Å². The second kappa shape index (κ2) is 4.51. The van der Waals surface area contributed by atoms with E-state index in [1.54, 1.807) is 25.6 Å². The van der Waals surface area contributed by atoms with Crippen LogP contribution in [0, 0.1) is 0 Å². The fraction of sp³-hybridized carbons (Fsp3) is 0.700. The molecule has 2 unspecified atom stereocenters. The van der Waals surface area contributed by atoms with Crippen LogP contribution < -0.4 is 0 Å². The van der Waals surface area contributed by atoms with Crippen molar-refractivity contribution >= 4 is 11.6 Å². The molecule has 0 spiro atoms. The summed E-state index contributed by atoms with van der Waals surface area (Å²) in [4.78, 5) is 0. The van der Waals surface area contributed by atoms with Gasteiger partial charge in [-0.25, -0.2) is 0 Å². The number of aryl methyl sites for hydroxylation is 1. The molecule has 1 N–H and O–H groups in total. The van der Waals surface area contributed by atoms with E-state index in [1.807, 2.05) is 6.92 Å². The van der Waals surface area contributed by atoms with Gasteiger partial charge < -0.3 is 9.84 Å². The van der Waals surface area contributed by atoms with Gasteiger partial charge in [0.05, 0.1) is 23.0 Å². The number of methoxy groups -OCH3 is 1. The van der Waals surface area contributed by atoms with Gasteiger partial charge in [0.25, 0.3) is 0 Å². The molecule has 0 radical (unpaired) electrons. The molecule has 2 atom stereocenters. The van der Waals surface area contributed by atoms with Gasteiger partial charge in [0.2, 0.25) is 0 Å². The fourth-order valence-electron chi connectivity index (χ4n) is 1.53. The molecule has 1 aromatic rings. The number of hydrogen-bond donors (Lipinski definition) is 1. The SMILES string of the molecule is CCn1ncc(Cl)c1C(C)(O)C(C)OC. The largest absolute Gasteiger partial charge is 0.381 e. The fourth-order valence-corrected chi connectivity index (χ4v) is 1.86. The summed E-state index contributed by atoms with van der Waals surface area (Å²) in [7, 11) is 1.56. The number of nitrogens with zero attached hydrogens (tertiary/aromatic N) is 2. The molecule has 0 aliphatic carbocycles. The molecule has 0 amide bonds. The highest BCUT2D eigenvalue weighted by Gasteiger charge is 2.36. The van der Waals surface area contributed by atoms with E-state index in [0.29, 0.717) is 17.3 Å². The summed E-state index contributed by atoms with van der Waals surface area (Å²) in [6, 6.07) is 0. The van der Waals surface area contributed by atoms with Crippen LogP contribution in [0.25, 0.3) is 0 Å². The van der Waals surface area contributed by atoms with Gasteiger partial charge >= 0.3 is 0 Å². The summed E-state index contributed by atoms with van der Waals surface area (Å²) in [6.07, 6.45) is 1.19. The lowest BCUT2D eigenvalue weighted by Crippen LogP contribution is -2.38. The van der Waals surface area contributed by atoms with E-state index in [9.17, 15) is 5.11 Å². The Balaban J connectivity index is 3.18. The number of aromatic nitrogens is 2. The van der Waals surface area contributed by atoms with Crippen molar-refractivity contribution in [3.63, 3.8) is 0 Å². The first-order chi connectivity index (χ1) is 6.95. The molecule has 0 aliphatic heterocycles. The minimum absolute atomic E-state index is 0.350. The third kappa shape index (κ3) is 2.17. The minimum atomic E-state index is -1.14. The number of aliphatic hydroxyl groups is 1. The first kappa shape index (κ1) is 12.5. The number of hydrogen-bond acceptors (Lipinski definition) is 3. The first-order valence-corrected chi connectivity index (χ1v) is 5.29. The van der Waals surface area contributed by atoms with Crippen LogP contribution in [0.5, 0.6) is 0 Å². The number of rotatable bonds is 4. The second-order valence-electron chi connectivity index (χ2n) is 3.68. The zero-order valence-electron chi connectivity index (χ0n) is 9.49. The maximum Gasteiger partial charge on any atom is 0.131 e. The Hall–Kier alpha value is -0.580. The maximum absolute atomic E-state index is 10.4. The van der Waals surface area contributed by atoms with Gasteiger partial charge in [-0.1, -0.05) is 11.6 Å². The van der Waals surface area contributed by atoms with Crippen molar-refractivity contribution in [2.24, 2.45) is 0 Å². The van der Waals surface area contributed by atoms with Gasteiger partial charge in [-0.15, -0.1) is 0 Å². The zero-order chi connectivity index (χ0) is 11.6. The van der Waals surface area contributed by atoms with Gasteiger partial charge in [0.15, 0.2) is 0 Å². The maximum atomic E-state index is 10.4. The normalized spacial score (nSPS) is 17.5. The van der Waals surface area contributed by atoms with Crippen LogP contribution in [0.15, 0.2) is 6.20 Å². The van der Waals surface area contributed by atoms with Crippen molar-refractivity contribution in [1.29, 1.82) is 0 Å². The molecule has 0 bridgehead atoms. The Bertz CT molecular complexity index is 336. The van der Waals surface area contributed by atoms with Crippen LogP contribution in [0.3, 0.4) is 0 Å². The molecule has 0 aromatic carbocycles. The van der Waals surface area contributed by atoms with E-state index < -0.39 is 5.60 Å². The Morgan fingerprint density at radius 1 is 1.73 bits per heavy atom. The Labute approximate surface area is 94.8 Å². The van der Waals surface area contributed by atoms with Crippen LogP contribution in [-0.2, 0) is 16.9 Å². The molecule has 0 fully saturated rings. The van der Waals surface area contributed by atoms with Crippen molar-refractivity contribution in [2.45, 2.75) is 39.0 Å². The van der Waals surface area contributed by atoms with Crippen LogP contribution in [0.2, 0.25) is 5.02 Å². The molecule has 1 rings (SSSR count). The van der Waals surface area contributed by atoms with Crippen molar-refractivity contribution in [2.75, 3.05) is 7.11 Å². The topological polar surface area (TPSA) is 47.3 Å². The molecule has 1 aromatic heterocycles. The lowest BCUT2D eigenvalue weighted by molar-refractivity contribution is -0.0821. The number of ether oxygens (including phenoxy) is 1. The van der Waals surface area contributed by atoms with Gasteiger partial charge in [-0.3, -0.25) is 4.68 Å². The van der Waals surface area contributed by atoms with Crippen molar-refractivity contribution < 1.29 is 9.84 Å². The van der Waals surface area contributed by atoms with Crippen molar-refractivity contribution in [3.05, 3.63) is 16.9 Å². The highest BCUT2D eigenvalue weighted by Crippen LogP contribution is 2.31. The minimum Gasteiger partial charge on any atom is -0.381 e. The van der Waals surface area contributed by atoms with E-state index in [1.165, 1.54) is 6.20 Å². The Morgan fingerprint density at radius 3 is 2.80 bits per heavy atom. The summed E-state index contributed by atoms with van der Waals surface area (Å²) < 4.78 is 6.82. The molecule has 0 saturated carbocycles. The lowest BCUT2D eigenvalue weighted by Gasteiger charge is -2.30. The molecular weight excluding hydrogens is 216 g/mol. The molecule has 5 heteroatoms. The molecule has 0 aliphatic rings. The average Bonchev–Trinajstić information content (AvgIpc) is 2.58. The highest BCUT2D eigenvalue weighted by atomic mass is 35.5. The van der Waals surface area contributed by atoms with E-state index in [2.05, 4.69) is 5.10 Å². The van der Waals surface area contributed by atoms with Crippen LogP contribution >= 0.6 is 11.6 Å². The molecule has 4 nitrogen and oxygen atoms in total. The second-order valence-corrected chi connectivity index (χ2v) is 4.09. The molecule has 0 saturated heterocycles. The van der Waals surface area contributed by atoms with Crippen molar-refractivity contribution in [1.82, 2.24) is 9.78 Å². The predicted molar refractivity (Wildman–Crippen MR) is 59.0 cm³/mol. The summed E-state index contributed by atoms with van der Waals surface area (Å²) in [6.45, 7) is 6.08. The summed E-state index contributed by atoms with van der Waals surface area (Å²) >= 11 is 6.01. The molecular formula is C10H17ClN2O2. The third-order valence-electron chi connectivity index (χ3n) is 2.72. The highest BCUT2D eigenvalue weighted by molar-refractivity contribution is 6.31. The van der Waals surface area contributed by atoms with Crippen molar-refractivity contribution in [3.8, 4) is 0 Å². The quantitative estimate of drug-likeness (QED) is 0.861. The molecule has 15 heavy (non-hydrogen) atoms. The number of halogens is 1. The lowest BCUT2D eigenvalue weighted by atomic mass is 9.96. The van der Waals surface area contributed by atoms with Gasteiger partial charge in [0.1, 0.15) is 5.60 Å². The summed E-state index contributed by atoms with van der Waals surface area (Å²) in [5.74, 6) is 0. The van der Waals surface area contributed by atoms with Crippen LogP contribution in [0.1, 0.15) is 26.5 Å². The van der Waals surface area contributed by atoms with E-state index in [-0.39, 0.29) is 6.10 Å². The van der Waals surface area contributed by atoms with Crippen LogP contribution in [-0.4, -0.2) is 28.1 Å². The predicted octanol–water partition coefficient (Wildman–Crippen LogP) is 1.80. The standard InChI is InChI=1S/C10H17ClN2O2/c1-5-13-9(8(11)6-12-13)10(3,14)7(2)15-4/h6-7,14H,5H2,1-4H3. The van der Waals surface area contributed by atoms with Crippen LogP contribution in [0.4, 0.5) is 0 Å². The smallest absolute Gasteiger partial charge is 0.131 e. The van der Waals surface area contributed by atoms with E-state index in [0.717, 1.165) is 0 Å². The van der Waals surface area contributed by atoms with E-state index >= 15 is 0 Å². The molecule has 1 heterocycles. The third-order valence-corrected chi connectivity index (χ3v) is 3.00. The van der Waals surface area contributed by atoms with Gasteiger partial charge in [0, 0.05) is 13.7 Å². The average molecular weight is 233 g/mol. The molecule has 86 valence electrons.